The average Bonchev–Trinajstić information content (AvgIpc) is 2.35. The van der Waals surface area contributed by atoms with Crippen LogP contribution in [0.25, 0.3) is 11.4 Å². The molecule has 0 aliphatic heterocycles. The fourth-order valence-electron chi connectivity index (χ4n) is 1.44. The maximum atomic E-state index is 5.77. The Bertz CT molecular complexity index is 528. The van der Waals surface area contributed by atoms with Crippen LogP contribution in [-0.4, -0.2) is 21.6 Å². The van der Waals surface area contributed by atoms with E-state index in [1.54, 1.807) is 0 Å². The second kappa shape index (κ2) is 5.98. The Morgan fingerprint density at radius 2 is 1.72 bits per heavy atom. The SMILES string of the molecule is CCCOc1ccccc1-c1nc(Cl)nc(Cl)n1. The summed E-state index contributed by atoms with van der Waals surface area (Å²) in [6, 6.07) is 7.47. The Morgan fingerprint density at radius 1 is 1.06 bits per heavy atom. The van der Waals surface area contributed by atoms with Gasteiger partial charge < -0.3 is 4.74 Å². The molecular formula is C12H11Cl2N3O. The lowest BCUT2D eigenvalue weighted by molar-refractivity contribution is 0.318. The highest BCUT2D eigenvalue weighted by Crippen LogP contribution is 2.28. The number of para-hydroxylation sites is 1. The highest BCUT2D eigenvalue weighted by atomic mass is 35.5. The minimum atomic E-state index is 0.0651. The van der Waals surface area contributed by atoms with Crippen molar-refractivity contribution < 1.29 is 4.74 Å². The molecule has 0 saturated heterocycles. The van der Waals surface area contributed by atoms with Crippen LogP contribution >= 0.6 is 23.2 Å². The third kappa shape index (κ3) is 3.09. The van der Waals surface area contributed by atoms with Crippen molar-refractivity contribution in [1.29, 1.82) is 0 Å². The van der Waals surface area contributed by atoms with Crippen LogP contribution in [0.1, 0.15) is 13.3 Å². The maximum absolute atomic E-state index is 5.77. The zero-order chi connectivity index (χ0) is 13.0. The first-order chi connectivity index (χ1) is 8.70. The van der Waals surface area contributed by atoms with Gasteiger partial charge in [-0.05, 0) is 41.8 Å². The largest absolute Gasteiger partial charge is 0.493 e. The lowest BCUT2D eigenvalue weighted by Gasteiger charge is -2.09. The quantitative estimate of drug-likeness (QED) is 0.860. The molecule has 0 aliphatic carbocycles. The summed E-state index contributed by atoms with van der Waals surface area (Å²) >= 11 is 11.5. The summed E-state index contributed by atoms with van der Waals surface area (Å²) in [6.07, 6.45) is 0.924. The molecule has 1 aromatic carbocycles. The van der Waals surface area contributed by atoms with Gasteiger partial charge in [0.2, 0.25) is 10.6 Å². The molecule has 0 bridgehead atoms. The Labute approximate surface area is 115 Å². The van der Waals surface area contributed by atoms with E-state index in [0.717, 1.165) is 12.0 Å². The number of halogens is 2. The van der Waals surface area contributed by atoms with Crippen molar-refractivity contribution in [3.63, 3.8) is 0 Å². The Balaban J connectivity index is 2.42. The molecule has 0 saturated carbocycles. The van der Waals surface area contributed by atoms with Crippen LogP contribution in [0.4, 0.5) is 0 Å². The van der Waals surface area contributed by atoms with Crippen LogP contribution in [0.5, 0.6) is 5.75 Å². The second-order valence-electron chi connectivity index (χ2n) is 3.54. The van der Waals surface area contributed by atoms with Crippen LogP contribution in [-0.2, 0) is 0 Å². The summed E-state index contributed by atoms with van der Waals surface area (Å²) in [4.78, 5) is 11.8. The van der Waals surface area contributed by atoms with Gasteiger partial charge >= 0.3 is 0 Å². The summed E-state index contributed by atoms with van der Waals surface area (Å²) in [5.74, 6) is 1.12. The van der Waals surface area contributed by atoms with Crippen LogP contribution in [0.15, 0.2) is 24.3 Å². The fraction of sp³-hybridized carbons (Fsp3) is 0.250. The van der Waals surface area contributed by atoms with Gasteiger partial charge in [-0.2, -0.15) is 15.0 Å². The smallest absolute Gasteiger partial charge is 0.227 e. The van der Waals surface area contributed by atoms with E-state index >= 15 is 0 Å². The van der Waals surface area contributed by atoms with E-state index in [2.05, 4.69) is 15.0 Å². The molecule has 2 aromatic rings. The van der Waals surface area contributed by atoms with Gasteiger partial charge in [0.15, 0.2) is 5.82 Å². The third-order valence-corrected chi connectivity index (χ3v) is 2.51. The van der Waals surface area contributed by atoms with Crippen molar-refractivity contribution in [2.75, 3.05) is 6.61 Å². The average molecular weight is 284 g/mol. The molecule has 0 unspecified atom stereocenters. The molecule has 6 heteroatoms. The molecule has 0 radical (unpaired) electrons. The van der Waals surface area contributed by atoms with Crippen LogP contribution in [0.2, 0.25) is 10.6 Å². The van der Waals surface area contributed by atoms with Crippen molar-refractivity contribution in [3.05, 3.63) is 34.8 Å². The van der Waals surface area contributed by atoms with Crippen molar-refractivity contribution in [3.8, 4) is 17.1 Å². The highest BCUT2D eigenvalue weighted by molar-refractivity contribution is 6.31. The molecule has 1 aromatic heterocycles. The minimum absolute atomic E-state index is 0.0651. The van der Waals surface area contributed by atoms with Crippen LogP contribution < -0.4 is 4.74 Å². The van der Waals surface area contributed by atoms with Gasteiger partial charge in [-0.15, -0.1) is 0 Å². The van der Waals surface area contributed by atoms with E-state index in [1.807, 2.05) is 31.2 Å². The number of aromatic nitrogens is 3. The summed E-state index contributed by atoms with van der Waals surface area (Å²) in [5.41, 5.74) is 0.747. The molecule has 4 nitrogen and oxygen atoms in total. The zero-order valence-corrected chi connectivity index (χ0v) is 11.2. The first-order valence-electron chi connectivity index (χ1n) is 5.50. The van der Waals surface area contributed by atoms with E-state index in [-0.39, 0.29) is 10.6 Å². The molecule has 0 atom stereocenters. The molecule has 0 N–H and O–H groups in total. The molecule has 0 spiro atoms. The minimum Gasteiger partial charge on any atom is -0.493 e. The maximum Gasteiger partial charge on any atom is 0.227 e. The van der Waals surface area contributed by atoms with Crippen molar-refractivity contribution >= 4 is 23.2 Å². The molecule has 0 amide bonds. The Kier molecular flexibility index (Phi) is 4.33. The van der Waals surface area contributed by atoms with Gasteiger partial charge in [0.1, 0.15) is 5.75 Å². The number of nitrogens with zero attached hydrogens (tertiary/aromatic N) is 3. The molecule has 0 fully saturated rings. The Hall–Kier alpha value is -1.39. The van der Waals surface area contributed by atoms with Gasteiger partial charge in [-0.25, -0.2) is 0 Å². The van der Waals surface area contributed by atoms with Gasteiger partial charge in [-0.1, -0.05) is 19.1 Å². The first kappa shape index (κ1) is 13.1. The molecule has 18 heavy (non-hydrogen) atoms. The number of hydrogen-bond acceptors (Lipinski definition) is 4. The van der Waals surface area contributed by atoms with Crippen molar-refractivity contribution in [2.45, 2.75) is 13.3 Å². The van der Waals surface area contributed by atoms with Gasteiger partial charge in [0.25, 0.3) is 0 Å². The van der Waals surface area contributed by atoms with E-state index < -0.39 is 0 Å². The van der Waals surface area contributed by atoms with E-state index in [4.69, 9.17) is 27.9 Å². The van der Waals surface area contributed by atoms with Crippen molar-refractivity contribution in [1.82, 2.24) is 15.0 Å². The summed E-state index contributed by atoms with van der Waals surface area (Å²) < 4.78 is 5.63. The number of benzene rings is 1. The standard InChI is InChI=1S/C12H11Cl2N3O/c1-2-7-18-9-6-4-3-5-8(9)10-15-11(13)17-12(14)16-10/h3-6H,2,7H2,1H3. The monoisotopic (exact) mass is 283 g/mol. The fourth-order valence-corrected chi connectivity index (χ4v) is 1.80. The second-order valence-corrected chi connectivity index (χ2v) is 4.22. The predicted molar refractivity (Wildman–Crippen MR) is 71.1 cm³/mol. The molecule has 94 valence electrons. The number of hydrogen-bond donors (Lipinski definition) is 0. The van der Waals surface area contributed by atoms with E-state index in [0.29, 0.717) is 18.2 Å². The van der Waals surface area contributed by atoms with Crippen molar-refractivity contribution in [2.24, 2.45) is 0 Å². The molecular weight excluding hydrogens is 273 g/mol. The van der Waals surface area contributed by atoms with E-state index in [9.17, 15) is 0 Å². The predicted octanol–water partition coefficient (Wildman–Crippen LogP) is 3.63. The first-order valence-corrected chi connectivity index (χ1v) is 6.25. The number of rotatable bonds is 4. The molecule has 2 rings (SSSR count). The summed E-state index contributed by atoms with van der Waals surface area (Å²) in [5, 5.41) is 0.130. The van der Waals surface area contributed by atoms with Crippen LogP contribution in [0, 0.1) is 0 Å². The number of ether oxygens (including phenoxy) is 1. The van der Waals surface area contributed by atoms with Gasteiger partial charge in [0.05, 0.1) is 12.2 Å². The van der Waals surface area contributed by atoms with Gasteiger partial charge in [-0.3, -0.25) is 0 Å². The molecule has 1 heterocycles. The van der Waals surface area contributed by atoms with E-state index in [1.165, 1.54) is 0 Å². The lowest BCUT2D eigenvalue weighted by Crippen LogP contribution is -1.99. The summed E-state index contributed by atoms with van der Waals surface area (Å²) in [7, 11) is 0. The van der Waals surface area contributed by atoms with Gasteiger partial charge in [0, 0.05) is 0 Å². The lowest BCUT2D eigenvalue weighted by atomic mass is 10.2. The highest BCUT2D eigenvalue weighted by Gasteiger charge is 2.11. The third-order valence-electron chi connectivity index (χ3n) is 2.17. The van der Waals surface area contributed by atoms with Crippen LogP contribution in [0.3, 0.4) is 0 Å². The normalized spacial score (nSPS) is 10.4. The topological polar surface area (TPSA) is 47.9 Å². The summed E-state index contributed by atoms with van der Waals surface area (Å²) in [6.45, 7) is 2.67. The zero-order valence-electron chi connectivity index (χ0n) is 9.73. The Morgan fingerprint density at radius 3 is 2.39 bits per heavy atom. The molecule has 0 aliphatic rings.